The van der Waals surface area contributed by atoms with E-state index in [0.717, 1.165) is 18.4 Å². The molecule has 0 amide bonds. The summed E-state index contributed by atoms with van der Waals surface area (Å²) in [5.41, 5.74) is 1.07. The van der Waals surface area contributed by atoms with E-state index in [4.69, 9.17) is 0 Å². The average Bonchev–Trinajstić information content (AvgIpc) is 3.11. The van der Waals surface area contributed by atoms with Crippen molar-refractivity contribution in [2.75, 3.05) is 5.75 Å². The minimum atomic E-state index is -3.12. The lowest BCUT2D eigenvalue weighted by Crippen LogP contribution is -2.31. The van der Waals surface area contributed by atoms with Gasteiger partial charge in [-0.15, -0.1) is 0 Å². The molecule has 0 heterocycles. The predicted molar refractivity (Wildman–Crippen MR) is 64.5 cm³/mol. The molecule has 0 unspecified atom stereocenters. The van der Waals surface area contributed by atoms with Gasteiger partial charge in [0.05, 0.1) is 5.75 Å². The molecule has 0 aromatic heterocycles. The van der Waals surface area contributed by atoms with Gasteiger partial charge in [0.25, 0.3) is 0 Å². The quantitative estimate of drug-likeness (QED) is 0.855. The predicted octanol–water partition coefficient (Wildman–Crippen LogP) is 2.08. The van der Waals surface area contributed by atoms with Gasteiger partial charge in [-0.25, -0.2) is 13.1 Å². The van der Waals surface area contributed by atoms with Crippen LogP contribution in [0.15, 0.2) is 30.3 Å². The smallest absolute Gasteiger partial charge is 0.211 e. The van der Waals surface area contributed by atoms with Crippen molar-refractivity contribution in [3.8, 4) is 0 Å². The molecule has 16 heavy (non-hydrogen) atoms. The van der Waals surface area contributed by atoms with E-state index in [0.29, 0.717) is 5.92 Å². The molecule has 1 N–H and O–H groups in total. The first kappa shape index (κ1) is 11.6. The highest BCUT2D eigenvalue weighted by atomic mass is 32.2. The summed E-state index contributed by atoms with van der Waals surface area (Å²) in [6.45, 7) is 1.66. The second kappa shape index (κ2) is 4.55. The number of sulfonamides is 1. The van der Waals surface area contributed by atoms with Crippen LogP contribution < -0.4 is 4.72 Å². The monoisotopic (exact) mass is 239 g/mol. The van der Waals surface area contributed by atoms with Gasteiger partial charge in [0.2, 0.25) is 10.0 Å². The minimum absolute atomic E-state index is 0.0360. The Bertz CT molecular complexity index is 437. The second-order valence-electron chi connectivity index (χ2n) is 4.25. The van der Waals surface area contributed by atoms with Crippen LogP contribution in [-0.4, -0.2) is 14.2 Å². The van der Waals surface area contributed by atoms with Gasteiger partial charge in [0.15, 0.2) is 0 Å². The van der Waals surface area contributed by atoms with Crippen LogP contribution >= 0.6 is 0 Å². The van der Waals surface area contributed by atoms with Crippen molar-refractivity contribution in [2.24, 2.45) is 5.92 Å². The molecule has 1 fully saturated rings. The molecule has 1 saturated carbocycles. The van der Waals surface area contributed by atoms with Crippen molar-refractivity contribution in [1.82, 2.24) is 4.72 Å². The van der Waals surface area contributed by atoms with E-state index in [2.05, 4.69) is 4.72 Å². The number of rotatable bonds is 5. The Labute approximate surface area is 96.9 Å². The Hall–Kier alpha value is -0.870. The molecule has 1 atom stereocenters. The summed E-state index contributed by atoms with van der Waals surface area (Å²) in [5, 5.41) is 0. The highest BCUT2D eigenvalue weighted by Gasteiger charge is 2.34. The number of benzene rings is 1. The Morgan fingerprint density at radius 3 is 2.44 bits per heavy atom. The fraction of sp³-hybridized carbons (Fsp3) is 0.500. The van der Waals surface area contributed by atoms with Gasteiger partial charge >= 0.3 is 0 Å². The van der Waals surface area contributed by atoms with Crippen molar-refractivity contribution in [3.05, 3.63) is 35.9 Å². The Balaban J connectivity index is 2.19. The molecule has 3 nitrogen and oxygen atoms in total. The first-order valence-electron chi connectivity index (χ1n) is 5.67. The van der Waals surface area contributed by atoms with E-state index < -0.39 is 10.0 Å². The maximum atomic E-state index is 11.6. The Morgan fingerprint density at radius 1 is 1.31 bits per heavy atom. The van der Waals surface area contributed by atoms with Crippen molar-refractivity contribution in [3.63, 3.8) is 0 Å². The van der Waals surface area contributed by atoms with Crippen molar-refractivity contribution in [2.45, 2.75) is 25.8 Å². The number of hydrogen-bond donors (Lipinski definition) is 1. The molecule has 2 rings (SSSR count). The molecule has 0 radical (unpaired) electrons. The molecule has 1 aromatic carbocycles. The third-order valence-electron chi connectivity index (χ3n) is 2.94. The second-order valence-corrected chi connectivity index (χ2v) is 6.29. The van der Waals surface area contributed by atoms with Gasteiger partial charge in [-0.1, -0.05) is 30.3 Å². The molecule has 4 heteroatoms. The van der Waals surface area contributed by atoms with Crippen molar-refractivity contribution < 1.29 is 8.42 Å². The van der Waals surface area contributed by atoms with Crippen LogP contribution in [0.25, 0.3) is 0 Å². The van der Waals surface area contributed by atoms with Crippen LogP contribution in [0.1, 0.15) is 31.4 Å². The zero-order valence-electron chi connectivity index (χ0n) is 9.39. The SMILES string of the molecule is CCS(=O)(=O)N[C@@H](c1ccccc1)C1CC1. The maximum absolute atomic E-state index is 11.6. The average molecular weight is 239 g/mol. The van der Waals surface area contributed by atoms with E-state index in [1.54, 1.807) is 6.92 Å². The topological polar surface area (TPSA) is 46.2 Å². The van der Waals surface area contributed by atoms with Gasteiger partial charge in [0, 0.05) is 6.04 Å². The van der Waals surface area contributed by atoms with Crippen LogP contribution in [0.4, 0.5) is 0 Å². The van der Waals surface area contributed by atoms with Crippen LogP contribution in [0, 0.1) is 5.92 Å². The molecular formula is C12H17NO2S. The summed E-state index contributed by atoms with van der Waals surface area (Å²) in [5.74, 6) is 0.618. The van der Waals surface area contributed by atoms with Crippen LogP contribution in [0.5, 0.6) is 0 Å². The molecular weight excluding hydrogens is 222 g/mol. The van der Waals surface area contributed by atoms with E-state index in [1.807, 2.05) is 30.3 Å². The van der Waals surface area contributed by atoms with E-state index in [-0.39, 0.29) is 11.8 Å². The normalized spacial score (nSPS) is 18.3. The fourth-order valence-corrected chi connectivity index (χ4v) is 2.69. The Kier molecular flexibility index (Phi) is 3.30. The lowest BCUT2D eigenvalue weighted by atomic mass is 10.0. The van der Waals surface area contributed by atoms with Gasteiger partial charge in [-0.3, -0.25) is 0 Å². The van der Waals surface area contributed by atoms with Gasteiger partial charge in [-0.05, 0) is 31.2 Å². The first-order valence-corrected chi connectivity index (χ1v) is 7.32. The highest BCUT2D eigenvalue weighted by molar-refractivity contribution is 7.89. The summed E-state index contributed by atoms with van der Waals surface area (Å²) >= 11 is 0. The van der Waals surface area contributed by atoms with Crippen molar-refractivity contribution in [1.29, 1.82) is 0 Å². The number of hydrogen-bond acceptors (Lipinski definition) is 2. The molecule has 1 aliphatic rings. The summed E-state index contributed by atoms with van der Waals surface area (Å²) < 4.78 is 26.0. The zero-order valence-corrected chi connectivity index (χ0v) is 10.2. The van der Waals surface area contributed by atoms with E-state index in [9.17, 15) is 8.42 Å². The van der Waals surface area contributed by atoms with Gasteiger partial charge < -0.3 is 0 Å². The largest absolute Gasteiger partial charge is 0.212 e. The van der Waals surface area contributed by atoms with Crippen LogP contribution in [0.2, 0.25) is 0 Å². The van der Waals surface area contributed by atoms with Crippen LogP contribution in [0.3, 0.4) is 0 Å². The number of nitrogens with one attached hydrogen (secondary N) is 1. The Morgan fingerprint density at radius 2 is 1.94 bits per heavy atom. The molecule has 0 saturated heterocycles. The molecule has 0 bridgehead atoms. The molecule has 1 aromatic rings. The summed E-state index contributed by atoms with van der Waals surface area (Å²) in [6.07, 6.45) is 2.23. The van der Waals surface area contributed by atoms with E-state index in [1.165, 1.54) is 0 Å². The summed E-state index contributed by atoms with van der Waals surface area (Å²) in [6, 6.07) is 9.78. The third-order valence-corrected chi connectivity index (χ3v) is 4.31. The van der Waals surface area contributed by atoms with Gasteiger partial charge in [0.1, 0.15) is 0 Å². The van der Waals surface area contributed by atoms with Crippen LogP contribution in [-0.2, 0) is 10.0 Å². The van der Waals surface area contributed by atoms with Gasteiger partial charge in [-0.2, -0.15) is 0 Å². The molecule has 1 aliphatic carbocycles. The van der Waals surface area contributed by atoms with Crippen molar-refractivity contribution >= 4 is 10.0 Å². The molecule has 0 spiro atoms. The summed E-state index contributed by atoms with van der Waals surface area (Å²) in [7, 11) is -3.12. The maximum Gasteiger partial charge on any atom is 0.211 e. The lowest BCUT2D eigenvalue weighted by Gasteiger charge is -2.18. The first-order chi connectivity index (χ1) is 7.62. The van der Waals surface area contributed by atoms with E-state index >= 15 is 0 Å². The fourth-order valence-electron chi connectivity index (χ4n) is 1.80. The standard InChI is InChI=1S/C12H17NO2S/c1-2-16(14,15)13-12(11-8-9-11)10-6-4-3-5-7-10/h3-7,11-13H,2,8-9H2,1H3/t12-/m0/s1. The minimum Gasteiger partial charge on any atom is -0.212 e. The molecule has 88 valence electrons. The highest BCUT2D eigenvalue weighted by Crippen LogP contribution is 2.41. The molecule has 0 aliphatic heterocycles. The summed E-state index contributed by atoms with van der Waals surface area (Å²) in [4.78, 5) is 0. The lowest BCUT2D eigenvalue weighted by molar-refractivity contribution is 0.530. The third kappa shape index (κ3) is 2.83. The zero-order chi connectivity index (χ0) is 11.6.